The smallest absolute Gasteiger partial charge is 0.365 e. The van der Waals surface area contributed by atoms with Gasteiger partial charge in [0.25, 0.3) is 5.02 Å². The van der Waals surface area contributed by atoms with Gasteiger partial charge in [0.1, 0.15) is 0 Å². The maximum atomic E-state index is 10.9. The van der Waals surface area contributed by atoms with Gasteiger partial charge in [-0.3, -0.25) is 9.13 Å². The highest BCUT2D eigenvalue weighted by Gasteiger charge is 2.56. The molecular weight excluding hydrogens is 234 g/mol. The van der Waals surface area contributed by atoms with E-state index in [2.05, 4.69) is 4.99 Å². The van der Waals surface area contributed by atoms with Gasteiger partial charge in [-0.15, -0.1) is 0 Å². The summed E-state index contributed by atoms with van der Waals surface area (Å²) in [7, 11) is -10.2. The van der Waals surface area contributed by atoms with Crippen LogP contribution < -0.4 is 5.73 Å². The lowest BCUT2D eigenvalue weighted by Gasteiger charge is -2.26. The van der Waals surface area contributed by atoms with Gasteiger partial charge in [0.05, 0.1) is 5.84 Å². The quantitative estimate of drug-likeness (QED) is 0.253. The number of aliphatic imine (C=N–C) groups is 1. The van der Waals surface area contributed by atoms with E-state index in [1.807, 2.05) is 0 Å². The summed E-state index contributed by atoms with van der Waals surface area (Å²) in [6.07, 6.45) is 0. The Hall–Kier alpha value is -0.230. The fourth-order valence-electron chi connectivity index (χ4n) is 0.634. The molecule has 0 fully saturated rings. The molecular formula is C4H12N2O6P2. The molecule has 0 aliphatic rings. The molecule has 6 N–H and O–H groups in total. The second-order valence-electron chi connectivity index (χ2n) is 2.81. The van der Waals surface area contributed by atoms with Gasteiger partial charge in [-0.05, 0) is 13.8 Å². The monoisotopic (exact) mass is 246 g/mol. The molecule has 0 atom stereocenters. The molecule has 0 rings (SSSR count). The summed E-state index contributed by atoms with van der Waals surface area (Å²) in [6, 6.07) is 0. The van der Waals surface area contributed by atoms with Gasteiger partial charge in [-0.1, -0.05) is 0 Å². The summed E-state index contributed by atoms with van der Waals surface area (Å²) in [4.78, 5) is 38.2. The fourth-order valence-corrected chi connectivity index (χ4v) is 2.57. The van der Waals surface area contributed by atoms with Crippen LogP contribution in [0.3, 0.4) is 0 Å². The lowest BCUT2D eigenvalue weighted by Crippen LogP contribution is -2.25. The third kappa shape index (κ3) is 2.63. The molecule has 0 saturated heterocycles. The first-order valence-electron chi connectivity index (χ1n) is 3.35. The summed E-state index contributed by atoms with van der Waals surface area (Å²) in [5.74, 6) is -0.320. The van der Waals surface area contributed by atoms with Crippen LogP contribution in [0.1, 0.15) is 13.8 Å². The average Bonchev–Trinajstić information content (AvgIpc) is 1.79. The van der Waals surface area contributed by atoms with Crippen LogP contribution in [0.25, 0.3) is 0 Å². The Morgan fingerprint density at radius 3 is 1.57 bits per heavy atom. The number of nitrogens with zero attached hydrogens (tertiary/aromatic N) is 1. The number of amidine groups is 1. The Morgan fingerprint density at radius 2 is 1.50 bits per heavy atom. The third-order valence-corrected chi connectivity index (χ3v) is 5.46. The summed E-state index contributed by atoms with van der Waals surface area (Å²) < 4.78 is 21.7. The summed E-state index contributed by atoms with van der Waals surface area (Å²) in [6.45, 7) is 1.83. The van der Waals surface area contributed by atoms with E-state index in [1.54, 1.807) is 0 Å². The Morgan fingerprint density at radius 1 is 1.21 bits per heavy atom. The van der Waals surface area contributed by atoms with Crippen LogP contribution in [0.5, 0.6) is 0 Å². The first-order chi connectivity index (χ1) is 5.92. The van der Waals surface area contributed by atoms with Crippen molar-refractivity contribution in [3.05, 3.63) is 0 Å². The Bertz CT molecular complexity index is 314. The van der Waals surface area contributed by atoms with Gasteiger partial charge < -0.3 is 25.3 Å². The predicted octanol–water partition coefficient (Wildman–Crippen LogP) is -0.607. The number of hydrogen-bond donors (Lipinski definition) is 5. The minimum absolute atomic E-state index is 0.320. The zero-order valence-corrected chi connectivity index (χ0v) is 9.31. The lowest BCUT2D eigenvalue weighted by atomic mass is 10.6. The molecule has 0 unspecified atom stereocenters. The molecule has 0 aliphatic carbocycles. The van der Waals surface area contributed by atoms with E-state index in [9.17, 15) is 9.13 Å². The van der Waals surface area contributed by atoms with Gasteiger partial charge in [-0.25, -0.2) is 4.99 Å². The van der Waals surface area contributed by atoms with Crippen molar-refractivity contribution in [3.63, 3.8) is 0 Å². The average molecular weight is 246 g/mol. The highest BCUT2D eigenvalue weighted by Crippen LogP contribution is 2.69. The zero-order valence-electron chi connectivity index (χ0n) is 7.52. The maximum Gasteiger partial charge on any atom is 0.365 e. The van der Waals surface area contributed by atoms with E-state index in [1.165, 1.54) is 6.92 Å². The molecule has 14 heavy (non-hydrogen) atoms. The van der Waals surface area contributed by atoms with Crippen molar-refractivity contribution in [1.29, 1.82) is 0 Å². The molecule has 84 valence electrons. The summed E-state index contributed by atoms with van der Waals surface area (Å²) >= 11 is 0. The predicted molar refractivity (Wildman–Crippen MR) is 49.8 cm³/mol. The molecule has 0 spiro atoms. The third-order valence-electron chi connectivity index (χ3n) is 1.49. The van der Waals surface area contributed by atoms with Gasteiger partial charge in [-0.2, -0.15) is 0 Å². The van der Waals surface area contributed by atoms with Crippen molar-refractivity contribution in [3.8, 4) is 0 Å². The molecule has 0 aromatic carbocycles. The van der Waals surface area contributed by atoms with Crippen LogP contribution in [0, 0.1) is 0 Å². The van der Waals surface area contributed by atoms with E-state index in [4.69, 9.17) is 25.3 Å². The fraction of sp³-hybridized carbons (Fsp3) is 0.750. The molecule has 0 saturated carbocycles. The second kappa shape index (κ2) is 3.73. The number of rotatable bonds is 3. The standard InChI is InChI=1S/C4H12N2O6P2/c1-3(5)6-4(2,13(7,8)9)14(10,11)12/h1-2H3,(H2,5,6)(H2,7,8,9)(H2,10,11,12). The van der Waals surface area contributed by atoms with Crippen LogP contribution in [0.15, 0.2) is 4.99 Å². The van der Waals surface area contributed by atoms with E-state index >= 15 is 0 Å². The normalized spacial score (nSPS) is 15.7. The van der Waals surface area contributed by atoms with Crippen LogP contribution in [0.4, 0.5) is 0 Å². The highest BCUT2D eigenvalue weighted by molar-refractivity contribution is 7.72. The minimum Gasteiger partial charge on any atom is -0.388 e. The van der Waals surface area contributed by atoms with Crippen molar-refractivity contribution < 1.29 is 28.7 Å². The maximum absolute atomic E-state index is 10.9. The van der Waals surface area contributed by atoms with Crippen molar-refractivity contribution in [2.75, 3.05) is 0 Å². The van der Waals surface area contributed by atoms with Crippen molar-refractivity contribution in [1.82, 2.24) is 0 Å². The molecule has 10 heteroatoms. The second-order valence-corrected chi connectivity index (χ2v) is 7.08. The van der Waals surface area contributed by atoms with E-state index < -0.39 is 20.2 Å². The van der Waals surface area contributed by atoms with Gasteiger partial charge in [0, 0.05) is 0 Å². The van der Waals surface area contributed by atoms with Crippen LogP contribution in [-0.4, -0.2) is 30.4 Å². The molecule has 0 heterocycles. The first kappa shape index (κ1) is 13.8. The summed E-state index contributed by atoms with van der Waals surface area (Å²) in [5, 5.41) is -2.81. The molecule has 0 bridgehead atoms. The highest BCUT2D eigenvalue weighted by atomic mass is 31.2. The van der Waals surface area contributed by atoms with Crippen LogP contribution in [0.2, 0.25) is 0 Å². The first-order valence-corrected chi connectivity index (χ1v) is 6.57. The Kier molecular flexibility index (Phi) is 3.67. The topological polar surface area (TPSA) is 153 Å². The van der Waals surface area contributed by atoms with Gasteiger partial charge in [0.2, 0.25) is 0 Å². The van der Waals surface area contributed by atoms with Crippen LogP contribution in [-0.2, 0) is 9.13 Å². The van der Waals surface area contributed by atoms with Crippen molar-refractivity contribution in [2.45, 2.75) is 18.9 Å². The Balaban J connectivity index is 5.67. The largest absolute Gasteiger partial charge is 0.388 e. The number of nitrogens with two attached hydrogens (primary N) is 1. The van der Waals surface area contributed by atoms with Crippen LogP contribution >= 0.6 is 15.2 Å². The molecule has 0 amide bonds. The van der Waals surface area contributed by atoms with E-state index in [0.717, 1.165) is 0 Å². The van der Waals surface area contributed by atoms with Gasteiger partial charge in [0.15, 0.2) is 0 Å². The SMILES string of the molecule is CC(N)=NC(C)(P(=O)(O)O)P(=O)(O)O. The lowest BCUT2D eigenvalue weighted by molar-refractivity contribution is 0.315. The molecule has 8 nitrogen and oxygen atoms in total. The van der Waals surface area contributed by atoms with E-state index in [-0.39, 0.29) is 5.84 Å². The van der Waals surface area contributed by atoms with Gasteiger partial charge >= 0.3 is 15.2 Å². The van der Waals surface area contributed by atoms with E-state index in [0.29, 0.717) is 6.92 Å². The number of hydrogen-bond acceptors (Lipinski definition) is 3. The van der Waals surface area contributed by atoms with Crippen molar-refractivity contribution in [2.24, 2.45) is 10.7 Å². The summed E-state index contributed by atoms with van der Waals surface area (Å²) in [5.41, 5.74) is 5.04. The zero-order chi connectivity index (χ0) is 11.8. The molecule has 0 aromatic heterocycles. The molecule has 0 radical (unpaired) electrons. The molecule has 0 aromatic rings. The Labute approximate surface area is 80.2 Å². The van der Waals surface area contributed by atoms with Crippen molar-refractivity contribution >= 4 is 21.0 Å². The minimum atomic E-state index is -5.09. The molecule has 0 aliphatic heterocycles.